The van der Waals surface area contributed by atoms with Gasteiger partial charge in [-0.05, 0) is 83.0 Å². The number of aryl methyl sites for hydroxylation is 2. The second-order valence-corrected chi connectivity index (χ2v) is 11.6. The highest BCUT2D eigenvalue weighted by molar-refractivity contribution is 6.10. The van der Waals surface area contributed by atoms with E-state index in [4.69, 9.17) is 9.84 Å². The summed E-state index contributed by atoms with van der Waals surface area (Å²) in [6.45, 7) is 1.30. The third-order valence-corrected chi connectivity index (χ3v) is 8.99. The minimum atomic E-state index is -1.24. The van der Waals surface area contributed by atoms with Crippen molar-refractivity contribution in [2.75, 3.05) is 13.7 Å². The van der Waals surface area contributed by atoms with Gasteiger partial charge in [0.1, 0.15) is 17.8 Å². The Morgan fingerprint density at radius 3 is 2.51 bits per heavy atom. The summed E-state index contributed by atoms with van der Waals surface area (Å²) in [5.41, 5.74) is 4.56. The van der Waals surface area contributed by atoms with Gasteiger partial charge in [0.2, 0.25) is 0 Å². The predicted octanol–water partition coefficient (Wildman–Crippen LogP) is 5.48. The summed E-state index contributed by atoms with van der Waals surface area (Å²) in [4.78, 5) is 41.8. The van der Waals surface area contributed by atoms with Crippen LogP contribution in [0.1, 0.15) is 53.6 Å². The molecule has 4 aromatic rings. The molecule has 2 atom stereocenters. The van der Waals surface area contributed by atoms with Gasteiger partial charge >= 0.3 is 6.03 Å². The number of methoxy groups -OCH3 is 1. The van der Waals surface area contributed by atoms with Crippen LogP contribution in [0.15, 0.2) is 90.0 Å². The molecule has 1 N–H and O–H groups in total. The van der Waals surface area contributed by atoms with Crippen LogP contribution in [0.2, 0.25) is 0 Å². The number of urea groups is 1. The van der Waals surface area contributed by atoms with Gasteiger partial charge in [-0.3, -0.25) is 14.5 Å². The molecule has 216 valence electrons. The Kier molecular flexibility index (Phi) is 6.49. The molecular formula is C35H32N4O4. The molecule has 0 radical (unpaired) electrons. The number of benzene rings is 4. The maximum Gasteiger partial charge on any atom is 0.325 e. The van der Waals surface area contributed by atoms with Crippen molar-refractivity contribution in [3.63, 3.8) is 0 Å². The van der Waals surface area contributed by atoms with Crippen LogP contribution in [0.25, 0.3) is 10.8 Å². The monoisotopic (exact) mass is 572 g/mol. The van der Waals surface area contributed by atoms with E-state index in [9.17, 15) is 14.4 Å². The number of hydrogen-bond acceptors (Lipinski definition) is 5. The first kappa shape index (κ1) is 26.9. The molecule has 3 aliphatic rings. The number of carbonyl (C=O) groups excluding carboxylic acids is 3. The van der Waals surface area contributed by atoms with E-state index < -0.39 is 36.0 Å². The van der Waals surface area contributed by atoms with E-state index in [0.29, 0.717) is 12.2 Å². The zero-order valence-corrected chi connectivity index (χ0v) is 24.2. The van der Waals surface area contributed by atoms with Gasteiger partial charge in [0, 0.05) is 6.42 Å². The van der Waals surface area contributed by atoms with Gasteiger partial charge in [0.05, 0.1) is 18.9 Å². The number of hydrogen-bond donors (Lipinski definition) is 1. The number of ether oxygens (including phenoxy) is 1. The van der Waals surface area contributed by atoms with E-state index in [1.165, 1.54) is 16.1 Å². The summed E-state index contributed by atoms with van der Waals surface area (Å²) in [6, 6.07) is 26.8. The molecule has 2 aliphatic heterocycles. The topological polar surface area (TPSA) is 91.3 Å². The standard InChI is InChI=1S/C35H32N4O4/c1-35(28-15-12-23-8-5-9-26(23)19-28)33(41)38(34(42)36-35)21-32(40)39-31(24-13-16-29(43-2)17-14-24)20-30(37-39)27-11-10-22-6-3-4-7-25(22)18-27/h3-4,6-7,10-19,31H,5,8-9,20-21H2,1-2H3,(H,36,42)/t31-,35+/m1/s1. The van der Waals surface area contributed by atoms with Crippen molar-refractivity contribution in [3.05, 3.63) is 113 Å². The fraction of sp³-hybridized carbons (Fsp3) is 0.257. The Morgan fingerprint density at radius 2 is 1.72 bits per heavy atom. The fourth-order valence-corrected chi connectivity index (χ4v) is 6.50. The predicted molar refractivity (Wildman–Crippen MR) is 164 cm³/mol. The SMILES string of the molecule is COc1ccc([C@H]2CC(c3ccc4ccccc4c3)=NN2C(=O)CN2C(=O)N[C@@](C)(c3ccc4c(c3)CCC4)C2=O)cc1. The average molecular weight is 573 g/mol. The zero-order valence-electron chi connectivity index (χ0n) is 24.2. The molecule has 1 saturated heterocycles. The lowest BCUT2D eigenvalue weighted by molar-refractivity contribution is -0.140. The molecule has 4 aromatic carbocycles. The van der Waals surface area contributed by atoms with Gasteiger partial charge in [-0.1, -0.05) is 66.7 Å². The summed E-state index contributed by atoms with van der Waals surface area (Å²) in [5, 5.41) is 11.3. The lowest BCUT2D eigenvalue weighted by Crippen LogP contribution is -2.43. The first-order valence-corrected chi connectivity index (χ1v) is 14.6. The Morgan fingerprint density at radius 1 is 0.953 bits per heavy atom. The minimum absolute atomic E-state index is 0.399. The Hall–Kier alpha value is -4.98. The highest BCUT2D eigenvalue weighted by Crippen LogP contribution is 2.36. The number of imide groups is 1. The molecule has 43 heavy (non-hydrogen) atoms. The maximum atomic E-state index is 13.9. The van der Waals surface area contributed by atoms with E-state index in [-0.39, 0.29) is 0 Å². The van der Waals surface area contributed by atoms with Crippen LogP contribution in [0.4, 0.5) is 4.79 Å². The summed E-state index contributed by atoms with van der Waals surface area (Å²) in [6.07, 6.45) is 3.57. The van der Waals surface area contributed by atoms with Crippen molar-refractivity contribution >= 4 is 34.3 Å². The fourth-order valence-electron chi connectivity index (χ4n) is 6.50. The van der Waals surface area contributed by atoms with Crippen LogP contribution in [-0.2, 0) is 28.0 Å². The third kappa shape index (κ3) is 4.63. The van der Waals surface area contributed by atoms with Gasteiger partial charge in [-0.15, -0.1) is 0 Å². The van der Waals surface area contributed by atoms with E-state index in [1.54, 1.807) is 14.0 Å². The highest BCUT2D eigenvalue weighted by atomic mass is 16.5. The molecule has 4 amide bonds. The quantitative estimate of drug-likeness (QED) is 0.310. The van der Waals surface area contributed by atoms with Gasteiger partial charge < -0.3 is 10.1 Å². The molecule has 0 spiro atoms. The molecule has 0 unspecified atom stereocenters. The lowest BCUT2D eigenvalue weighted by atomic mass is 9.89. The van der Waals surface area contributed by atoms with Crippen LogP contribution in [0.3, 0.4) is 0 Å². The largest absolute Gasteiger partial charge is 0.497 e. The minimum Gasteiger partial charge on any atom is -0.497 e. The molecule has 8 nitrogen and oxygen atoms in total. The molecule has 0 bridgehead atoms. The number of nitrogens with zero attached hydrogens (tertiary/aromatic N) is 3. The first-order valence-electron chi connectivity index (χ1n) is 14.6. The maximum absolute atomic E-state index is 13.9. The smallest absolute Gasteiger partial charge is 0.325 e. The first-order chi connectivity index (χ1) is 20.8. The van der Waals surface area contributed by atoms with Gasteiger partial charge in [0.25, 0.3) is 11.8 Å². The average Bonchev–Trinajstić information content (AvgIpc) is 3.75. The second kappa shape index (κ2) is 10.4. The van der Waals surface area contributed by atoms with Crippen molar-refractivity contribution < 1.29 is 19.1 Å². The Balaban J connectivity index is 1.18. The summed E-state index contributed by atoms with van der Waals surface area (Å²) in [7, 11) is 1.61. The number of carbonyl (C=O) groups is 3. The molecule has 0 aromatic heterocycles. The van der Waals surface area contributed by atoms with Gasteiger partial charge in [-0.2, -0.15) is 5.10 Å². The van der Waals surface area contributed by atoms with E-state index in [1.807, 2.05) is 72.8 Å². The van der Waals surface area contributed by atoms with E-state index >= 15 is 0 Å². The Bertz CT molecular complexity index is 1810. The van der Waals surface area contributed by atoms with Crippen LogP contribution >= 0.6 is 0 Å². The van der Waals surface area contributed by atoms with Gasteiger partial charge in [0.15, 0.2) is 0 Å². The summed E-state index contributed by atoms with van der Waals surface area (Å²) in [5.74, 6) is -0.165. The van der Waals surface area contributed by atoms with Crippen LogP contribution in [-0.4, -0.2) is 47.1 Å². The number of hydrazone groups is 1. The second-order valence-electron chi connectivity index (χ2n) is 11.6. The molecule has 2 heterocycles. The normalized spacial score (nSPS) is 21.3. The number of fused-ring (bicyclic) bond motifs is 2. The molecular weight excluding hydrogens is 540 g/mol. The van der Waals surface area contributed by atoms with Crippen LogP contribution in [0.5, 0.6) is 5.75 Å². The lowest BCUT2D eigenvalue weighted by Gasteiger charge is -2.25. The molecule has 1 fully saturated rings. The summed E-state index contributed by atoms with van der Waals surface area (Å²) < 4.78 is 5.33. The Labute approximate surface area is 249 Å². The third-order valence-electron chi connectivity index (χ3n) is 8.99. The highest BCUT2D eigenvalue weighted by Gasteiger charge is 2.50. The van der Waals surface area contributed by atoms with E-state index in [2.05, 4.69) is 17.4 Å². The van der Waals surface area contributed by atoms with Crippen molar-refractivity contribution in [1.29, 1.82) is 0 Å². The van der Waals surface area contributed by atoms with Gasteiger partial charge in [-0.25, -0.2) is 9.80 Å². The number of rotatable bonds is 6. The van der Waals surface area contributed by atoms with Crippen molar-refractivity contribution in [1.82, 2.24) is 15.2 Å². The zero-order chi connectivity index (χ0) is 29.7. The van der Waals surface area contributed by atoms with Crippen LogP contribution < -0.4 is 10.1 Å². The van der Waals surface area contributed by atoms with Crippen molar-refractivity contribution in [2.45, 2.75) is 44.2 Å². The van der Waals surface area contributed by atoms with Crippen molar-refractivity contribution in [2.24, 2.45) is 5.10 Å². The van der Waals surface area contributed by atoms with E-state index in [0.717, 1.165) is 57.3 Å². The number of nitrogens with one attached hydrogen (secondary N) is 1. The summed E-state index contributed by atoms with van der Waals surface area (Å²) >= 11 is 0. The van der Waals surface area contributed by atoms with Crippen LogP contribution in [0, 0.1) is 0 Å². The molecule has 0 saturated carbocycles. The molecule has 7 rings (SSSR count). The van der Waals surface area contributed by atoms with Crippen molar-refractivity contribution in [3.8, 4) is 5.75 Å². The molecule has 8 heteroatoms. The number of amides is 4. The molecule has 1 aliphatic carbocycles.